The van der Waals surface area contributed by atoms with Gasteiger partial charge in [0.15, 0.2) is 0 Å². The summed E-state index contributed by atoms with van der Waals surface area (Å²) in [5.74, 6) is 0. The average molecular weight is 414 g/mol. The topological polar surface area (TPSA) is 43.8 Å². The molecule has 98 valence electrons. The minimum absolute atomic E-state index is 0.0713. The van der Waals surface area contributed by atoms with Gasteiger partial charge in [0.2, 0.25) is 0 Å². The fourth-order valence-corrected chi connectivity index (χ4v) is 4.12. The molecular formula is C11H12Br2ClN3S. The maximum atomic E-state index is 6.23. The highest BCUT2D eigenvalue weighted by atomic mass is 79.9. The van der Waals surface area contributed by atoms with Crippen molar-refractivity contribution >= 4 is 54.8 Å². The molecule has 0 bridgehead atoms. The summed E-state index contributed by atoms with van der Waals surface area (Å²) in [6, 6.07) is 1.97. The monoisotopic (exact) mass is 411 g/mol. The Labute approximate surface area is 132 Å². The Balaban J connectivity index is 2.23. The lowest BCUT2D eigenvalue weighted by Crippen LogP contribution is -2.12. The number of aromatic nitrogens is 2. The molecule has 7 heteroatoms. The van der Waals surface area contributed by atoms with Crippen LogP contribution >= 0.6 is 54.8 Å². The molecule has 3 nitrogen and oxygen atoms in total. The van der Waals surface area contributed by atoms with Crippen molar-refractivity contribution in [1.29, 1.82) is 0 Å². The zero-order valence-corrected chi connectivity index (χ0v) is 14.6. The molecule has 0 radical (unpaired) electrons. The summed E-state index contributed by atoms with van der Waals surface area (Å²) in [6.45, 7) is 1.95. The van der Waals surface area contributed by atoms with Crippen LogP contribution in [0.2, 0.25) is 5.15 Å². The van der Waals surface area contributed by atoms with Gasteiger partial charge >= 0.3 is 0 Å². The van der Waals surface area contributed by atoms with E-state index in [2.05, 4.69) is 37.0 Å². The van der Waals surface area contributed by atoms with E-state index in [1.54, 1.807) is 16.0 Å². The molecule has 0 saturated heterocycles. The molecule has 0 aromatic carbocycles. The van der Waals surface area contributed by atoms with Gasteiger partial charge in [0.1, 0.15) is 5.15 Å². The number of halogens is 3. The molecule has 2 aromatic heterocycles. The van der Waals surface area contributed by atoms with Crippen LogP contribution in [0.1, 0.15) is 22.2 Å². The standard InChI is InChI=1S/C11H12Br2ClN3S/c1-5-6(11(14)17(2)16-5)3-8(15)9-4-7(12)10(13)18-9/h4,8H,3,15H2,1-2H3. The van der Waals surface area contributed by atoms with Crippen molar-refractivity contribution < 1.29 is 0 Å². The van der Waals surface area contributed by atoms with Gasteiger partial charge in [0.25, 0.3) is 0 Å². The number of thiophene rings is 1. The molecule has 2 N–H and O–H groups in total. The van der Waals surface area contributed by atoms with Gasteiger partial charge in [-0.05, 0) is 51.3 Å². The molecule has 2 heterocycles. The van der Waals surface area contributed by atoms with Gasteiger partial charge in [-0.15, -0.1) is 11.3 Å². The predicted molar refractivity (Wildman–Crippen MR) is 83.3 cm³/mol. The highest BCUT2D eigenvalue weighted by molar-refractivity contribution is 9.13. The van der Waals surface area contributed by atoms with E-state index in [0.717, 1.165) is 24.4 Å². The number of nitrogens with zero attached hydrogens (tertiary/aromatic N) is 2. The molecule has 18 heavy (non-hydrogen) atoms. The molecule has 1 atom stereocenters. The van der Waals surface area contributed by atoms with Crippen molar-refractivity contribution in [3.63, 3.8) is 0 Å². The van der Waals surface area contributed by atoms with Gasteiger partial charge in [0, 0.05) is 28.0 Å². The van der Waals surface area contributed by atoms with Crippen LogP contribution in [0.15, 0.2) is 14.3 Å². The molecule has 0 aliphatic carbocycles. The smallest absolute Gasteiger partial charge is 0.130 e. The quantitative estimate of drug-likeness (QED) is 0.819. The Morgan fingerprint density at radius 3 is 2.67 bits per heavy atom. The highest BCUT2D eigenvalue weighted by Crippen LogP contribution is 2.36. The highest BCUT2D eigenvalue weighted by Gasteiger charge is 2.18. The van der Waals surface area contributed by atoms with Crippen LogP contribution in [0.25, 0.3) is 0 Å². The first-order valence-electron chi connectivity index (χ1n) is 5.28. The molecule has 0 aliphatic heterocycles. The SMILES string of the molecule is Cc1nn(C)c(Cl)c1CC(N)c1cc(Br)c(Br)s1. The average Bonchev–Trinajstić information content (AvgIpc) is 2.75. The van der Waals surface area contributed by atoms with E-state index in [-0.39, 0.29) is 6.04 Å². The van der Waals surface area contributed by atoms with Gasteiger partial charge in [0.05, 0.1) is 9.48 Å². The molecule has 0 amide bonds. The third-order valence-electron chi connectivity index (χ3n) is 2.72. The van der Waals surface area contributed by atoms with Crippen LogP contribution in [0.3, 0.4) is 0 Å². The Morgan fingerprint density at radius 2 is 2.22 bits per heavy atom. The maximum Gasteiger partial charge on any atom is 0.130 e. The zero-order valence-electron chi connectivity index (χ0n) is 9.88. The van der Waals surface area contributed by atoms with E-state index in [1.807, 2.05) is 20.0 Å². The number of rotatable bonds is 3. The Kier molecular flexibility index (Phi) is 4.54. The molecule has 2 aromatic rings. The first kappa shape index (κ1) is 14.5. The van der Waals surface area contributed by atoms with Crippen LogP contribution in [0, 0.1) is 6.92 Å². The minimum atomic E-state index is -0.0713. The number of hydrogen-bond donors (Lipinski definition) is 1. The van der Waals surface area contributed by atoms with Gasteiger partial charge in [-0.3, -0.25) is 4.68 Å². The number of hydrogen-bond acceptors (Lipinski definition) is 3. The largest absolute Gasteiger partial charge is 0.323 e. The van der Waals surface area contributed by atoms with Gasteiger partial charge < -0.3 is 5.73 Å². The first-order valence-corrected chi connectivity index (χ1v) is 8.06. The van der Waals surface area contributed by atoms with Crippen molar-refractivity contribution in [3.8, 4) is 0 Å². The molecular weight excluding hydrogens is 401 g/mol. The van der Waals surface area contributed by atoms with Crippen LogP contribution in [0.5, 0.6) is 0 Å². The Morgan fingerprint density at radius 1 is 1.56 bits per heavy atom. The van der Waals surface area contributed by atoms with Crippen molar-refractivity contribution in [2.75, 3.05) is 0 Å². The van der Waals surface area contributed by atoms with Crippen molar-refractivity contribution in [3.05, 3.63) is 35.6 Å². The van der Waals surface area contributed by atoms with Crippen LogP contribution < -0.4 is 5.73 Å². The van der Waals surface area contributed by atoms with E-state index in [1.165, 1.54) is 0 Å². The summed E-state index contributed by atoms with van der Waals surface area (Å²) in [5, 5.41) is 4.96. The minimum Gasteiger partial charge on any atom is -0.323 e. The first-order chi connectivity index (χ1) is 8.40. The second-order valence-electron chi connectivity index (χ2n) is 4.06. The van der Waals surface area contributed by atoms with Crippen molar-refractivity contribution in [1.82, 2.24) is 9.78 Å². The van der Waals surface area contributed by atoms with Crippen LogP contribution in [0.4, 0.5) is 0 Å². The maximum absolute atomic E-state index is 6.23. The third-order valence-corrected chi connectivity index (χ3v) is 6.58. The summed E-state index contributed by atoms with van der Waals surface area (Å²) >= 11 is 14.8. The van der Waals surface area contributed by atoms with E-state index >= 15 is 0 Å². The normalized spacial score (nSPS) is 13.0. The molecule has 0 aliphatic rings. The lowest BCUT2D eigenvalue weighted by Gasteiger charge is -2.09. The second kappa shape index (κ2) is 5.63. The number of aryl methyl sites for hydroxylation is 2. The Bertz CT molecular complexity index is 560. The van der Waals surface area contributed by atoms with E-state index < -0.39 is 0 Å². The fourth-order valence-electron chi connectivity index (χ4n) is 1.77. The van der Waals surface area contributed by atoms with Crippen molar-refractivity contribution in [2.24, 2.45) is 12.8 Å². The van der Waals surface area contributed by atoms with Gasteiger partial charge in [-0.25, -0.2) is 0 Å². The van der Waals surface area contributed by atoms with E-state index in [0.29, 0.717) is 11.6 Å². The summed E-state index contributed by atoms with van der Waals surface area (Å²) in [5.41, 5.74) is 8.19. The molecule has 0 spiro atoms. The van der Waals surface area contributed by atoms with Gasteiger partial charge in [-0.2, -0.15) is 5.10 Å². The molecule has 0 saturated carbocycles. The lowest BCUT2D eigenvalue weighted by atomic mass is 10.1. The summed E-state index contributed by atoms with van der Waals surface area (Å²) in [7, 11) is 1.84. The molecule has 1 unspecified atom stereocenters. The van der Waals surface area contributed by atoms with E-state index in [9.17, 15) is 0 Å². The summed E-state index contributed by atoms with van der Waals surface area (Å²) in [6.07, 6.45) is 0.692. The Hall–Kier alpha value is 0.120. The van der Waals surface area contributed by atoms with Gasteiger partial charge in [-0.1, -0.05) is 11.6 Å². The molecule has 0 fully saturated rings. The zero-order chi connectivity index (χ0) is 13.4. The van der Waals surface area contributed by atoms with Crippen molar-refractivity contribution in [2.45, 2.75) is 19.4 Å². The molecule has 2 rings (SSSR count). The fraction of sp³-hybridized carbons (Fsp3) is 0.364. The van der Waals surface area contributed by atoms with Crippen LogP contribution in [-0.2, 0) is 13.5 Å². The third kappa shape index (κ3) is 2.82. The number of nitrogens with two attached hydrogens (primary N) is 1. The van der Waals surface area contributed by atoms with Crippen LogP contribution in [-0.4, -0.2) is 9.78 Å². The van der Waals surface area contributed by atoms with E-state index in [4.69, 9.17) is 17.3 Å². The predicted octanol–water partition coefficient (Wildman–Crippen LogP) is 4.21. The second-order valence-corrected chi connectivity index (χ2v) is 7.67. The lowest BCUT2D eigenvalue weighted by molar-refractivity contribution is 0.731. The summed E-state index contributed by atoms with van der Waals surface area (Å²) in [4.78, 5) is 1.12. The summed E-state index contributed by atoms with van der Waals surface area (Å²) < 4.78 is 3.77.